The van der Waals surface area contributed by atoms with Gasteiger partial charge in [0.05, 0.1) is 18.9 Å². The number of hydrogen-bond acceptors (Lipinski definition) is 4. The van der Waals surface area contributed by atoms with Crippen molar-refractivity contribution in [1.82, 2.24) is 19.8 Å². The molecule has 162 valence electrons. The number of amides is 1. The minimum Gasteiger partial charge on any atom is -0.492 e. The van der Waals surface area contributed by atoms with E-state index in [1.54, 1.807) is 0 Å². The van der Waals surface area contributed by atoms with E-state index >= 15 is 0 Å². The number of guanidine groups is 1. The van der Waals surface area contributed by atoms with E-state index in [1.165, 1.54) is 6.92 Å². The maximum absolute atomic E-state index is 11.2. The number of rotatable bonds is 7. The van der Waals surface area contributed by atoms with Gasteiger partial charge in [-0.3, -0.25) is 4.79 Å². The number of piperidine rings is 1. The highest BCUT2D eigenvalue weighted by atomic mass is 16.5. The molecule has 3 rings (SSSR count). The fraction of sp³-hybridized carbons (Fsp3) is 0.500. The standard InChI is InChI=1S/C22H32N6O2/c1-4-24-22(27-11-8-17(2)21(15-27)28-12-9-23-16-28)25-10-13-30-20-7-5-6-19(14-20)26-18(3)29/h5-7,9,12,14,16-17,21H,4,8,10-11,13,15H2,1-3H3,(H,24,25)(H,26,29). The van der Waals surface area contributed by atoms with Crippen LogP contribution in [-0.4, -0.2) is 59.1 Å². The van der Waals surface area contributed by atoms with Crippen molar-refractivity contribution >= 4 is 17.6 Å². The molecule has 2 unspecified atom stereocenters. The number of ether oxygens (including phenoxy) is 1. The normalized spacial score (nSPS) is 19.4. The van der Waals surface area contributed by atoms with E-state index in [9.17, 15) is 4.79 Å². The molecule has 1 aromatic carbocycles. The van der Waals surface area contributed by atoms with Gasteiger partial charge in [0.25, 0.3) is 0 Å². The Morgan fingerprint density at radius 1 is 1.40 bits per heavy atom. The highest BCUT2D eigenvalue weighted by molar-refractivity contribution is 5.88. The van der Waals surface area contributed by atoms with Crippen LogP contribution in [0.3, 0.4) is 0 Å². The number of aromatic nitrogens is 2. The second kappa shape index (κ2) is 10.7. The van der Waals surface area contributed by atoms with E-state index in [0.717, 1.165) is 37.7 Å². The number of carbonyl (C=O) groups is 1. The van der Waals surface area contributed by atoms with Crippen molar-refractivity contribution in [2.45, 2.75) is 33.2 Å². The number of nitrogens with one attached hydrogen (secondary N) is 2. The van der Waals surface area contributed by atoms with Crippen LogP contribution >= 0.6 is 0 Å². The van der Waals surface area contributed by atoms with Gasteiger partial charge in [-0.05, 0) is 31.4 Å². The molecule has 30 heavy (non-hydrogen) atoms. The van der Waals surface area contributed by atoms with Crippen LogP contribution in [-0.2, 0) is 4.79 Å². The first kappa shape index (κ1) is 21.7. The van der Waals surface area contributed by atoms with Crippen LogP contribution in [0.1, 0.15) is 33.2 Å². The smallest absolute Gasteiger partial charge is 0.221 e. The van der Waals surface area contributed by atoms with Crippen molar-refractivity contribution in [3.05, 3.63) is 43.0 Å². The fourth-order valence-electron chi connectivity index (χ4n) is 3.70. The third kappa shape index (κ3) is 5.98. The van der Waals surface area contributed by atoms with Gasteiger partial charge in [-0.15, -0.1) is 0 Å². The summed E-state index contributed by atoms with van der Waals surface area (Å²) in [6, 6.07) is 7.78. The Kier molecular flexibility index (Phi) is 7.70. The molecule has 1 saturated heterocycles. The summed E-state index contributed by atoms with van der Waals surface area (Å²) in [5, 5.41) is 6.17. The number of carbonyl (C=O) groups excluding carboxylic acids is 1. The Morgan fingerprint density at radius 2 is 2.27 bits per heavy atom. The first-order chi connectivity index (χ1) is 14.6. The van der Waals surface area contributed by atoms with Crippen molar-refractivity contribution in [2.75, 3.05) is 38.1 Å². The molecule has 1 amide bonds. The summed E-state index contributed by atoms with van der Waals surface area (Å²) in [5.41, 5.74) is 0.727. The number of imidazole rings is 1. The lowest BCUT2D eigenvalue weighted by molar-refractivity contribution is -0.114. The van der Waals surface area contributed by atoms with Gasteiger partial charge in [0.2, 0.25) is 5.91 Å². The fourth-order valence-corrected chi connectivity index (χ4v) is 3.70. The quantitative estimate of drug-likeness (QED) is 0.415. The lowest BCUT2D eigenvalue weighted by Crippen LogP contribution is -2.49. The molecule has 1 aromatic heterocycles. The first-order valence-corrected chi connectivity index (χ1v) is 10.6. The topological polar surface area (TPSA) is 83.8 Å². The maximum atomic E-state index is 11.2. The zero-order valence-electron chi connectivity index (χ0n) is 18.0. The zero-order chi connectivity index (χ0) is 21.3. The van der Waals surface area contributed by atoms with E-state index in [2.05, 4.69) is 38.9 Å². The van der Waals surface area contributed by atoms with Crippen molar-refractivity contribution in [3.63, 3.8) is 0 Å². The molecule has 8 nitrogen and oxygen atoms in total. The van der Waals surface area contributed by atoms with Gasteiger partial charge in [0, 0.05) is 50.7 Å². The van der Waals surface area contributed by atoms with Gasteiger partial charge in [-0.1, -0.05) is 13.0 Å². The van der Waals surface area contributed by atoms with Gasteiger partial charge in [-0.2, -0.15) is 0 Å². The van der Waals surface area contributed by atoms with Crippen LogP contribution in [0, 0.1) is 5.92 Å². The number of hydrogen-bond donors (Lipinski definition) is 2. The number of nitrogens with zero attached hydrogens (tertiary/aromatic N) is 4. The average molecular weight is 413 g/mol. The predicted molar refractivity (Wildman–Crippen MR) is 119 cm³/mol. The van der Waals surface area contributed by atoms with Gasteiger partial charge in [0.15, 0.2) is 5.96 Å². The molecule has 8 heteroatoms. The number of benzene rings is 1. The summed E-state index contributed by atoms with van der Waals surface area (Å²) in [6.45, 7) is 9.60. The number of anilines is 1. The minimum atomic E-state index is -0.100. The Balaban J connectivity index is 1.57. The van der Waals surface area contributed by atoms with Gasteiger partial charge in [0.1, 0.15) is 12.4 Å². The van der Waals surface area contributed by atoms with Crippen molar-refractivity contribution in [2.24, 2.45) is 10.9 Å². The summed E-state index contributed by atoms with van der Waals surface area (Å²) < 4.78 is 8.02. The number of aliphatic imine (C=N–C) groups is 1. The SMILES string of the molecule is CCNC(=NCCOc1cccc(NC(C)=O)c1)N1CCC(C)C(n2ccnc2)C1. The van der Waals surface area contributed by atoms with Crippen LogP contribution < -0.4 is 15.4 Å². The molecule has 1 aliphatic heterocycles. The van der Waals surface area contributed by atoms with Crippen LogP contribution in [0.15, 0.2) is 48.0 Å². The molecule has 2 aromatic rings. The first-order valence-electron chi connectivity index (χ1n) is 10.6. The third-order valence-corrected chi connectivity index (χ3v) is 5.24. The van der Waals surface area contributed by atoms with E-state index in [1.807, 2.05) is 43.0 Å². The van der Waals surface area contributed by atoms with E-state index in [-0.39, 0.29) is 5.91 Å². The van der Waals surface area contributed by atoms with E-state index < -0.39 is 0 Å². The second-order valence-electron chi connectivity index (χ2n) is 7.58. The molecule has 1 fully saturated rings. The molecular formula is C22H32N6O2. The van der Waals surface area contributed by atoms with Gasteiger partial charge in [-0.25, -0.2) is 9.98 Å². The Morgan fingerprint density at radius 3 is 3.00 bits per heavy atom. The molecule has 0 spiro atoms. The Labute approximate surface area is 178 Å². The van der Waals surface area contributed by atoms with Crippen molar-refractivity contribution in [1.29, 1.82) is 0 Å². The van der Waals surface area contributed by atoms with E-state index in [0.29, 0.717) is 30.9 Å². The summed E-state index contributed by atoms with van der Waals surface area (Å²) >= 11 is 0. The molecule has 2 atom stereocenters. The monoisotopic (exact) mass is 412 g/mol. The van der Waals surface area contributed by atoms with Crippen molar-refractivity contribution < 1.29 is 9.53 Å². The maximum Gasteiger partial charge on any atom is 0.221 e. The molecule has 2 N–H and O–H groups in total. The Hall–Kier alpha value is -3.03. The van der Waals surface area contributed by atoms with Crippen LogP contribution in [0.4, 0.5) is 5.69 Å². The predicted octanol–water partition coefficient (Wildman–Crippen LogP) is 2.77. The zero-order valence-corrected chi connectivity index (χ0v) is 18.0. The molecule has 0 aliphatic carbocycles. The molecule has 1 aliphatic rings. The molecule has 0 radical (unpaired) electrons. The largest absolute Gasteiger partial charge is 0.492 e. The van der Waals surface area contributed by atoms with Gasteiger partial charge < -0.3 is 24.8 Å². The average Bonchev–Trinajstić information content (AvgIpc) is 3.25. The highest BCUT2D eigenvalue weighted by Gasteiger charge is 2.28. The lowest BCUT2D eigenvalue weighted by Gasteiger charge is -2.39. The van der Waals surface area contributed by atoms with Crippen LogP contribution in [0.25, 0.3) is 0 Å². The molecule has 0 bridgehead atoms. The van der Waals surface area contributed by atoms with Crippen LogP contribution in [0.5, 0.6) is 5.75 Å². The minimum absolute atomic E-state index is 0.100. The summed E-state index contributed by atoms with van der Waals surface area (Å²) in [4.78, 5) is 22.5. The van der Waals surface area contributed by atoms with E-state index in [4.69, 9.17) is 9.73 Å². The highest BCUT2D eigenvalue weighted by Crippen LogP contribution is 2.27. The van der Waals surface area contributed by atoms with Gasteiger partial charge >= 0.3 is 0 Å². The third-order valence-electron chi connectivity index (χ3n) is 5.24. The lowest BCUT2D eigenvalue weighted by atomic mass is 9.93. The summed E-state index contributed by atoms with van der Waals surface area (Å²) in [6.07, 6.45) is 6.89. The molecule has 0 saturated carbocycles. The van der Waals surface area contributed by atoms with Crippen LogP contribution in [0.2, 0.25) is 0 Å². The molecular weight excluding hydrogens is 380 g/mol. The van der Waals surface area contributed by atoms with Crippen molar-refractivity contribution in [3.8, 4) is 5.75 Å². The molecule has 2 heterocycles. The summed E-state index contributed by atoms with van der Waals surface area (Å²) in [5.74, 6) is 2.13. The number of likely N-dealkylation sites (tertiary alicyclic amines) is 1. The second-order valence-corrected chi connectivity index (χ2v) is 7.58. The summed E-state index contributed by atoms with van der Waals surface area (Å²) in [7, 11) is 0. The Bertz CT molecular complexity index is 836.